The predicted octanol–water partition coefficient (Wildman–Crippen LogP) is 3.48. The van der Waals surface area contributed by atoms with E-state index < -0.39 is 5.82 Å². The van der Waals surface area contributed by atoms with Crippen LogP contribution in [0.2, 0.25) is 0 Å². The van der Waals surface area contributed by atoms with E-state index in [1.165, 1.54) is 17.4 Å². The highest BCUT2D eigenvalue weighted by Gasteiger charge is 2.12. The zero-order chi connectivity index (χ0) is 18.5. The smallest absolute Gasteiger partial charge is 0.270 e. The third kappa shape index (κ3) is 4.33. The lowest BCUT2D eigenvalue weighted by atomic mass is 10.1. The van der Waals surface area contributed by atoms with Gasteiger partial charge < -0.3 is 10.6 Å². The van der Waals surface area contributed by atoms with Crippen molar-refractivity contribution in [1.29, 1.82) is 0 Å². The number of hydrogen-bond acceptors (Lipinski definition) is 5. The van der Waals surface area contributed by atoms with E-state index in [9.17, 15) is 14.0 Å². The maximum absolute atomic E-state index is 13.5. The van der Waals surface area contributed by atoms with E-state index in [1.54, 1.807) is 35.8 Å². The lowest BCUT2D eigenvalue weighted by Crippen LogP contribution is -2.34. The van der Waals surface area contributed by atoms with Gasteiger partial charge in [0.25, 0.3) is 11.8 Å². The molecule has 134 valence electrons. The highest BCUT2D eigenvalue weighted by molar-refractivity contribution is 7.20. The monoisotopic (exact) mass is 389 g/mol. The van der Waals surface area contributed by atoms with Crippen LogP contribution in [-0.2, 0) is 0 Å². The van der Waals surface area contributed by atoms with Gasteiger partial charge in [-0.05, 0) is 36.1 Å². The highest BCUT2D eigenvalue weighted by Crippen LogP contribution is 2.27. The maximum Gasteiger partial charge on any atom is 0.270 e. The van der Waals surface area contributed by atoms with Crippen LogP contribution < -0.4 is 10.6 Å². The van der Waals surface area contributed by atoms with Crippen LogP contribution in [-0.4, -0.2) is 29.9 Å². The number of carbonyl (C=O) groups excluding carboxylic acids is 2. The van der Waals surface area contributed by atoms with Crippen molar-refractivity contribution in [3.05, 3.63) is 63.7 Å². The highest BCUT2D eigenvalue weighted by atomic mass is 32.1. The summed E-state index contributed by atoms with van der Waals surface area (Å²) < 4.78 is 13.5. The molecule has 3 rings (SSSR count). The molecule has 2 heterocycles. The molecule has 0 spiro atoms. The lowest BCUT2D eigenvalue weighted by molar-refractivity contribution is 0.0925. The van der Waals surface area contributed by atoms with Crippen LogP contribution in [0, 0.1) is 12.7 Å². The number of thiazole rings is 1. The minimum atomic E-state index is -0.420. The first-order chi connectivity index (χ1) is 12.5. The van der Waals surface area contributed by atoms with Crippen LogP contribution in [0.15, 0.2) is 41.1 Å². The van der Waals surface area contributed by atoms with Gasteiger partial charge in [-0.2, -0.15) is 0 Å². The Labute approximate surface area is 157 Å². The number of amides is 2. The number of thiophene rings is 1. The summed E-state index contributed by atoms with van der Waals surface area (Å²) in [7, 11) is 0. The van der Waals surface area contributed by atoms with Crippen LogP contribution >= 0.6 is 22.7 Å². The number of aryl methyl sites for hydroxylation is 1. The van der Waals surface area contributed by atoms with Crippen LogP contribution in [0.5, 0.6) is 0 Å². The molecule has 2 amide bonds. The molecule has 5 nitrogen and oxygen atoms in total. The second-order valence-electron chi connectivity index (χ2n) is 5.49. The molecule has 26 heavy (non-hydrogen) atoms. The first kappa shape index (κ1) is 18.2. The van der Waals surface area contributed by atoms with Crippen molar-refractivity contribution in [1.82, 2.24) is 15.6 Å². The fourth-order valence-corrected chi connectivity index (χ4v) is 3.78. The van der Waals surface area contributed by atoms with Gasteiger partial charge in [-0.3, -0.25) is 9.59 Å². The van der Waals surface area contributed by atoms with Gasteiger partial charge >= 0.3 is 0 Å². The summed E-state index contributed by atoms with van der Waals surface area (Å²) in [4.78, 5) is 29.4. The van der Waals surface area contributed by atoms with E-state index in [1.807, 2.05) is 17.5 Å². The summed E-state index contributed by atoms with van der Waals surface area (Å²) in [5, 5.41) is 9.82. The average molecular weight is 389 g/mol. The molecule has 3 aromatic rings. The zero-order valence-electron chi connectivity index (χ0n) is 13.9. The molecule has 2 N–H and O–H groups in total. The number of hydrogen-bond donors (Lipinski definition) is 2. The predicted molar refractivity (Wildman–Crippen MR) is 101 cm³/mol. The molecule has 0 aliphatic heterocycles. The number of halogens is 1. The van der Waals surface area contributed by atoms with Gasteiger partial charge in [-0.25, -0.2) is 9.37 Å². The van der Waals surface area contributed by atoms with Gasteiger partial charge in [0.05, 0.1) is 4.88 Å². The molecule has 0 unspecified atom stereocenters. The van der Waals surface area contributed by atoms with Gasteiger partial charge in [-0.1, -0.05) is 12.1 Å². The van der Waals surface area contributed by atoms with Crippen molar-refractivity contribution in [3.63, 3.8) is 0 Å². The fraction of sp³-hybridized carbons (Fsp3) is 0.167. The van der Waals surface area contributed by atoms with Gasteiger partial charge in [0, 0.05) is 24.0 Å². The van der Waals surface area contributed by atoms with Crippen molar-refractivity contribution < 1.29 is 14.0 Å². The fourth-order valence-electron chi connectivity index (χ4n) is 2.17. The molecule has 0 atom stereocenters. The van der Waals surface area contributed by atoms with Crippen LogP contribution in [0.3, 0.4) is 0 Å². The summed E-state index contributed by atoms with van der Waals surface area (Å²) >= 11 is 2.98. The summed E-state index contributed by atoms with van der Waals surface area (Å²) in [6, 6.07) is 8.20. The molecule has 0 fully saturated rings. The number of rotatable bonds is 6. The Morgan fingerprint density at radius 3 is 2.58 bits per heavy atom. The molecule has 1 aromatic carbocycles. The SMILES string of the molecule is Cc1ccc(C(=O)NCCNC(=O)c2csc(-c3cccs3)n2)cc1F. The normalized spacial score (nSPS) is 10.5. The van der Waals surface area contributed by atoms with Crippen molar-refractivity contribution in [2.75, 3.05) is 13.1 Å². The first-order valence-corrected chi connectivity index (χ1v) is 9.62. The first-order valence-electron chi connectivity index (χ1n) is 7.86. The number of aromatic nitrogens is 1. The molecule has 0 saturated heterocycles. The summed E-state index contributed by atoms with van der Waals surface area (Å²) in [5.41, 5.74) is 1.09. The summed E-state index contributed by atoms with van der Waals surface area (Å²) in [5.74, 6) is -1.09. The van der Waals surface area contributed by atoms with Crippen molar-refractivity contribution in [2.24, 2.45) is 0 Å². The Morgan fingerprint density at radius 1 is 1.12 bits per heavy atom. The van der Waals surface area contributed by atoms with Crippen LogP contribution in [0.1, 0.15) is 26.4 Å². The molecule has 0 saturated carbocycles. The Morgan fingerprint density at radius 2 is 1.88 bits per heavy atom. The minimum Gasteiger partial charge on any atom is -0.350 e. The third-order valence-electron chi connectivity index (χ3n) is 3.60. The van der Waals surface area contributed by atoms with E-state index >= 15 is 0 Å². The van der Waals surface area contributed by atoms with Crippen molar-refractivity contribution in [2.45, 2.75) is 6.92 Å². The zero-order valence-corrected chi connectivity index (χ0v) is 15.5. The number of carbonyl (C=O) groups is 2. The van der Waals surface area contributed by atoms with Gasteiger partial charge in [0.2, 0.25) is 0 Å². The number of benzene rings is 1. The molecule has 2 aromatic heterocycles. The second kappa shape index (κ2) is 8.20. The average Bonchev–Trinajstić information content (AvgIpc) is 3.31. The summed E-state index contributed by atoms with van der Waals surface area (Å²) in [6.45, 7) is 2.13. The number of nitrogens with zero attached hydrogens (tertiary/aromatic N) is 1. The van der Waals surface area contributed by atoms with Gasteiger partial charge in [0.15, 0.2) is 0 Å². The van der Waals surface area contributed by atoms with E-state index in [4.69, 9.17) is 0 Å². The molecule has 8 heteroatoms. The summed E-state index contributed by atoms with van der Waals surface area (Å²) in [6.07, 6.45) is 0. The topological polar surface area (TPSA) is 71.1 Å². The van der Waals surface area contributed by atoms with Crippen molar-refractivity contribution >= 4 is 34.5 Å². The van der Waals surface area contributed by atoms with E-state index in [0.717, 1.165) is 9.88 Å². The van der Waals surface area contributed by atoms with E-state index in [2.05, 4.69) is 15.6 Å². The quantitative estimate of drug-likeness (QED) is 0.634. The molecular formula is C18H16FN3O2S2. The Kier molecular flexibility index (Phi) is 5.75. The third-order valence-corrected chi connectivity index (χ3v) is 5.48. The molecular weight excluding hydrogens is 373 g/mol. The number of nitrogens with one attached hydrogen (secondary N) is 2. The van der Waals surface area contributed by atoms with Gasteiger partial charge in [-0.15, -0.1) is 22.7 Å². The van der Waals surface area contributed by atoms with Crippen LogP contribution in [0.4, 0.5) is 4.39 Å². The Hall–Kier alpha value is -2.58. The van der Waals surface area contributed by atoms with E-state index in [-0.39, 0.29) is 30.5 Å². The van der Waals surface area contributed by atoms with Crippen LogP contribution in [0.25, 0.3) is 9.88 Å². The van der Waals surface area contributed by atoms with Gasteiger partial charge in [0.1, 0.15) is 16.5 Å². The Balaban J connectivity index is 1.46. The minimum absolute atomic E-state index is 0.238. The molecule has 0 radical (unpaired) electrons. The largest absolute Gasteiger partial charge is 0.350 e. The van der Waals surface area contributed by atoms with E-state index in [0.29, 0.717) is 11.3 Å². The molecule has 0 bridgehead atoms. The van der Waals surface area contributed by atoms with Crippen molar-refractivity contribution in [3.8, 4) is 9.88 Å². The standard InChI is InChI=1S/C18H16FN3O2S2/c1-11-4-5-12(9-13(11)19)16(23)20-6-7-21-17(24)14-10-26-18(22-14)15-3-2-8-25-15/h2-5,8-10H,6-7H2,1H3,(H,20,23)(H,21,24). The lowest BCUT2D eigenvalue weighted by Gasteiger charge is -2.07. The maximum atomic E-state index is 13.5. The molecule has 0 aliphatic rings. The second-order valence-corrected chi connectivity index (χ2v) is 7.30. The molecule has 0 aliphatic carbocycles. The Bertz CT molecular complexity index is 922.